The maximum atomic E-state index is 14.7. The predicted octanol–water partition coefficient (Wildman–Crippen LogP) is 5.11. The number of nitrogens with zero attached hydrogens (tertiary/aromatic N) is 2. The molecule has 190 valence electrons. The molecule has 2 heterocycles. The van der Waals surface area contributed by atoms with Crippen LogP contribution in [0.15, 0.2) is 30.8 Å². The molecule has 2 fully saturated rings. The molecule has 1 saturated heterocycles. The molecule has 0 radical (unpaired) electrons. The van der Waals surface area contributed by atoms with Crippen LogP contribution in [0.3, 0.4) is 0 Å². The molecule has 1 unspecified atom stereocenters. The number of hydrogen-bond donors (Lipinski definition) is 2. The van der Waals surface area contributed by atoms with Crippen LogP contribution < -0.4 is 10.6 Å². The van der Waals surface area contributed by atoms with E-state index in [9.17, 15) is 22.4 Å². The van der Waals surface area contributed by atoms with E-state index in [1.54, 1.807) is 24.3 Å². The zero-order chi connectivity index (χ0) is 25.3. The van der Waals surface area contributed by atoms with Gasteiger partial charge in [-0.1, -0.05) is 18.7 Å². The number of fused-ring (bicyclic) bond motifs is 1. The fourth-order valence-electron chi connectivity index (χ4n) is 4.51. The number of benzene rings is 1. The lowest BCUT2D eigenvalue weighted by Crippen LogP contribution is -2.46. The molecular formula is C26H32F4N4O. The van der Waals surface area contributed by atoms with E-state index in [4.69, 9.17) is 0 Å². The van der Waals surface area contributed by atoms with Crippen molar-refractivity contribution < 1.29 is 22.4 Å². The number of aryl methyl sites for hydroxylation is 1. The van der Waals surface area contributed by atoms with Crippen LogP contribution in [-0.2, 0) is 11.2 Å². The Morgan fingerprint density at radius 1 is 1.26 bits per heavy atom. The van der Waals surface area contributed by atoms with E-state index in [-0.39, 0.29) is 23.6 Å². The summed E-state index contributed by atoms with van der Waals surface area (Å²) in [5.41, 5.74) is -0.183. The number of amides is 1. The summed E-state index contributed by atoms with van der Waals surface area (Å²) in [4.78, 5) is 18.3. The first-order chi connectivity index (χ1) is 16.5. The lowest BCUT2D eigenvalue weighted by molar-refractivity contribution is -0.122. The van der Waals surface area contributed by atoms with Crippen molar-refractivity contribution in [1.29, 1.82) is 0 Å². The third-order valence-corrected chi connectivity index (χ3v) is 6.81. The van der Waals surface area contributed by atoms with Crippen LogP contribution in [0.5, 0.6) is 0 Å². The topological polar surface area (TPSA) is 57.3 Å². The number of hydrogen-bond acceptors (Lipinski definition) is 4. The van der Waals surface area contributed by atoms with Crippen LogP contribution in [0.4, 0.5) is 23.2 Å². The molecule has 35 heavy (non-hydrogen) atoms. The number of aromatic nitrogens is 1. The number of rotatable bonds is 8. The fraction of sp³-hybridized carbons (Fsp3) is 0.538. The third-order valence-electron chi connectivity index (χ3n) is 6.81. The fourth-order valence-corrected chi connectivity index (χ4v) is 4.51. The number of allylic oxidation sites excluding steroid dienone is 1. The van der Waals surface area contributed by atoms with E-state index >= 15 is 0 Å². The van der Waals surface area contributed by atoms with Gasteiger partial charge in [0.2, 0.25) is 5.91 Å². The summed E-state index contributed by atoms with van der Waals surface area (Å²) in [7, 11) is 1.86. The zero-order valence-electron chi connectivity index (χ0n) is 20.1. The molecule has 1 aromatic carbocycles. The van der Waals surface area contributed by atoms with E-state index in [2.05, 4.69) is 22.2 Å². The molecule has 9 heteroatoms. The van der Waals surface area contributed by atoms with Crippen LogP contribution >= 0.6 is 0 Å². The Bertz CT molecular complexity index is 1100. The Morgan fingerprint density at radius 2 is 2.00 bits per heavy atom. The second-order valence-corrected chi connectivity index (χ2v) is 9.88. The highest BCUT2D eigenvalue weighted by Crippen LogP contribution is 2.37. The highest BCUT2D eigenvalue weighted by atomic mass is 19.4. The average Bonchev–Trinajstić information content (AvgIpc) is 3.64. The Kier molecular flexibility index (Phi) is 7.35. The van der Waals surface area contributed by atoms with E-state index in [0.29, 0.717) is 48.0 Å². The van der Waals surface area contributed by atoms with Gasteiger partial charge in [-0.05, 0) is 58.2 Å². The zero-order valence-corrected chi connectivity index (χ0v) is 20.1. The van der Waals surface area contributed by atoms with Crippen LogP contribution in [0.2, 0.25) is 0 Å². The van der Waals surface area contributed by atoms with E-state index in [1.807, 2.05) is 18.9 Å². The molecule has 1 aliphatic heterocycles. The summed E-state index contributed by atoms with van der Waals surface area (Å²) in [5.74, 6) is 0.117. The lowest BCUT2D eigenvalue weighted by atomic mass is 9.98. The molecule has 1 aromatic heterocycles. The Labute approximate surface area is 203 Å². The maximum Gasteiger partial charge on any atom is 0.417 e. The number of nitrogens with one attached hydrogen (secondary N) is 2. The van der Waals surface area contributed by atoms with Gasteiger partial charge in [0.15, 0.2) is 0 Å². The molecule has 2 aromatic rings. The summed E-state index contributed by atoms with van der Waals surface area (Å²) in [5, 5.41) is 7.08. The van der Waals surface area contributed by atoms with Gasteiger partial charge in [-0.25, -0.2) is 4.39 Å². The maximum absolute atomic E-state index is 14.7. The number of carbonyl (C=O) groups is 1. The molecule has 0 spiro atoms. The number of anilines is 1. The van der Waals surface area contributed by atoms with E-state index in [1.165, 1.54) is 0 Å². The number of alkyl halides is 4. The Balaban J connectivity index is 1.63. The largest absolute Gasteiger partial charge is 0.417 e. The van der Waals surface area contributed by atoms with Gasteiger partial charge in [0.05, 0.1) is 17.3 Å². The van der Waals surface area contributed by atoms with Crippen molar-refractivity contribution in [3.05, 3.63) is 42.2 Å². The van der Waals surface area contributed by atoms with Gasteiger partial charge >= 0.3 is 6.18 Å². The van der Waals surface area contributed by atoms with Gasteiger partial charge in [-0.15, -0.1) is 0 Å². The summed E-state index contributed by atoms with van der Waals surface area (Å²) in [6.07, 6.45) is -2.41. The predicted molar refractivity (Wildman–Crippen MR) is 130 cm³/mol. The van der Waals surface area contributed by atoms with Crippen LogP contribution in [0.25, 0.3) is 16.3 Å². The first-order valence-electron chi connectivity index (χ1n) is 12.1. The van der Waals surface area contributed by atoms with Crippen LogP contribution in [-0.4, -0.2) is 60.4 Å². The first kappa shape index (κ1) is 25.4. The second-order valence-electron chi connectivity index (χ2n) is 9.88. The molecular weight excluding hydrogens is 460 g/mol. The molecule has 3 atom stereocenters. The van der Waals surface area contributed by atoms with Gasteiger partial charge in [0.25, 0.3) is 0 Å². The Hall–Kier alpha value is -2.68. The smallest absolute Gasteiger partial charge is 0.379 e. The minimum atomic E-state index is -4.63. The third kappa shape index (κ3) is 6.12. The molecule has 1 aliphatic carbocycles. The summed E-state index contributed by atoms with van der Waals surface area (Å²) in [6.45, 7) is 6.20. The van der Waals surface area contributed by atoms with Crippen molar-refractivity contribution >= 4 is 27.9 Å². The number of carbonyl (C=O) groups excluding carboxylic acids is 1. The first-order valence-corrected chi connectivity index (χ1v) is 12.1. The van der Waals surface area contributed by atoms with Crippen molar-refractivity contribution in [2.24, 2.45) is 5.92 Å². The molecule has 2 N–H and O–H groups in total. The van der Waals surface area contributed by atoms with Gasteiger partial charge in [-0.2, -0.15) is 13.2 Å². The number of piperidine rings is 1. The minimum Gasteiger partial charge on any atom is -0.379 e. The van der Waals surface area contributed by atoms with Crippen LogP contribution in [0.1, 0.15) is 44.0 Å². The van der Waals surface area contributed by atoms with Crippen molar-refractivity contribution in [1.82, 2.24) is 15.2 Å². The number of halogens is 4. The summed E-state index contributed by atoms with van der Waals surface area (Å²) in [6, 6.07) is 6.20. The minimum absolute atomic E-state index is 0.0282. The summed E-state index contributed by atoms with van der Waals surface area (Å²) < 4.78 is 55.6. The van der Waals surface area contributed by atoms with Crippen molar-refractivity contribution in [2.45, 2.75) is 63.5 Å². The van der Waals surface area contributed by atoms with Crippen LogP contribution in [0, 0.1) is 5.92 Å². The molecule has 1 amide bonds. The van der Waals surface area contributed by atoms with Crippen molar-refractivity contribution in [3.8, 4) is 0 Å². The van der Waals surface area contributed by atoms with E-state index in [0.717, 1.165) is 19.4 Å². The van der Waals surface area contributed by atoms with Gasteiger partial charge in [0, 0.05) is 47.2 Å². The SMILES string of the molecule is C=C(c1nc(CCC(C)NC(=O)C2CC2)cc2c(N[C@@H]3CCN(C)C[C@@H]3F)cccc12)C(F)(F)F. The lowest BCUT2D eigenvalue weighted by Gasteiger charge is -2.33. The van der Waals surface area contributed by atoms with Gasteiger partial charge < -0.3 is 15.5 Å². The molecule has 0 bridgehead atoms. The normalized spacial score (nSPS) is 22.1. The highest BCUT2D eigenvalue weighted by molar-refractivity contribution is 6.00. The molecule has 4 rings (SSSR count). The highest BCUT2D eigenvalue weighted by Gasteiger charge is 2.35. The standard InChI is InChI=1S/C26H32F4N4O/c1-15(31-25(35)17-8-9-17)7-10-18-13-20-19(24(32-18)16(2)26(28,29)30)5-4-6-22(20)33-23-11-12-34(3)14-21(23)27/h4-6,13,15,17,21,23,33H,2,7-12,14H2,1,3H3,(H,31,35)/t15?,21-,23+/m0/s1. The van der Waals surface area contributed by atoms with Gasteiger partial charge in [0.1, 0.15) is 6.17 Å². The quantitative estimate of drug-likeness (QED) is 0.503. The van der Waals surface area contributed by atoms with Gasteiger partial charge in [-0.3, -0.25) is 9.78 Å². The number of pyridine rings is 1. The molecule has 1 saturated carbocycles. The van der Waals surface area contributed by atoms with Crippen molar-refractivity contribution in [2.75, 3.05) is 25.5 Å². The molecule has 5 nitrogen and oxygen atoms in total. The molecule has 2 aliphatic rings. The Morgan fingerprint density at radius 3 is 2.66 bits per heavy atom. The van der Waals surface area contributed by atoms with Crippen molar-refractivity contribution in [3.63, 3.8) is 0 Å². The average molecular weight is 493 g/mol. The van der Waals surface area contributed by atoms with E-state index < -0.39 is 24.0 Å². The number of likely N-dealkylation sites (tertiary alicyclic amines) is 1. The summed E-state index contributed by atoms with van der Waals surface area (Å²) >= 11 is 0. The second kappa shape index (κ2) is 10.1. The monoisotopic (exact) mass is 492 g/mol.